The minimum absolute atomic E-state index is 0.334. The van der Waals surface area contributed by atoms with E-state index in [0.717, 1.165) is 16.2 Å². The highest BCUT2D eigenvalue weighted by Gasteiger charge is 2.21. The van der Waals surface area contributed by atoms with Crippen LogP contribution in [0.4, 0.5) is 10.5 Å². The van der Waals surface area contributed by atoms with Crippen LogP contribution in [0, 0.1) is 0 Å². The minimum atomic E-state index is -0.765. The van der Waals surface area contributed by atoms with Crippen molar-refractivity contribution in [3.05, 3.63) is 94.8 Å². The Labute approximate surface area is 161 Å². The van der Waals surface area contributed by atoms with Crippen molar-refractivity contribution in [3.8, 4) is 0 Å². The fourth-order valence-electron chi connectivity index (χ4n) is 2.59. The molecule has 0 atom stereocenters. The van der Waals surface area contributed by atoms with Gasteiger partial charge in [0.05, 0.1) is 5.69 Å². The zero-order chi connectivity index (χ0) is 18.5. The molecule has 2 amide bonds. The number of hydrogen-bond donors (Lipinski definition) is 0. The lowest BCUT2D eigenvalue weighted by Crippen LogP contribution is -2.35. The molecule has 0 aliphatic rings. The van der Waals surface area contributed by atoms with Crippen molar-refractivity contribution in [2.75, 3.05) is 4.90 Å². The first-order valence-electron chi connectivity index (χ1n) is 7.85. The number of benzene rings is 2. The molecule has 26 heavy (non-hydrogen) atoms. The summed E-state index contributed by atoms with van der Waals surface area (Å²) in [5.74, 6) is -0.491. The van der Waals surface area contributed by atoms with Crippen molar-refractivity contribution in [2.45, 2.75) is 6.42 Å². The van der Waals surface area contributed by atoms with Crippen molar-refractivity contribution < 1.29 is 9.59 Å². The number of aromatic nitrogens is 1. The summed E-state index contributed by atoms with van der Waals surface area (Å²) >= 11 is 10.7. The van der Waals surface area contributed by atoms with Crippen LogP contribution in [0.1, 0.15) is 21.6 Å². The summed E-state index contributed by atoms with van der Waals surface area (Å²) in [4.78, 5) is 30.3. The van der Waals surface area contributed by atoms with E-state index in [9.17, 15) is 9.59 Å². The highest BCUT2D eigenvalue weighted by atomic mass is 35.5. The molecule has 0 fully saturated rings. The fraction of sp³-hybridized carbons (Fsp3) is 0.0500. The molecule has 0 N–H and O–H groups in total. The van der Waals surface area contributed by atoms with E-state index in [1.165, 1.54) is 0 Å². The monoisotopic (exact) mass is 381 g/mol. The van der Waals surface area contributed by atoms with Gasteiger partial charge in [0.25, 0.3) is 5.91 Å². The number of rotatable bonds is 4. The van der Waals surface area contributed by atoms with Crippen molar-refractivity contribution in [1.82, 2.24) is 4.98 Å². The summed E-state index contributed by atoms with van der Waals surface area (Å²) in [5.41, 5.74) is 2.40. The number of carbonyl (C=O) groups is 2. The second-order valence-electron chi connectivity index (χ2n) is 5.54. The Morgan fingerprint density at radius 2 is 1.65 bits per heavy atom. The molecule has 0 saturated carbocycles. The van der Waals surface area contributed by atoms with Crippen LogP contribution in [-0.4, -0.2) is 16.1 Å². The molecule has 1 heterocycles. The molecular weight excluding hydrogens is 368 g/mol. The average molecular weight is 382 g/mol. The lowest BCUT2D eigenvalue weighted by Gasteiger charge is -2.26. The first kappa shape index (κ1) is 18.0. The molecule has 2 aromatic carbocycles. The van der Waals surface area contributed by atoms with E-state index in [1.54, 1.807) is 42.6 Å². The van der Waals surface area contributed by atoms with E-state index < -0.39 is 11.1 Å². The van der Waals surface area contributed by atoms with Crippen LogP contribution in [0.2, 0.25) is 5.02 Å². The van der Waals surface area contributed by atoms with E-state index in [4.69, 9.17) is 24.2 Å². The smallest absolute Gasteiger partial charge is 0.263 e. The van der Waals surface area contributed by atoms with Gasteiger partial charge in [-0.15, -0.1) is 0 Å². The van der Waals surface area contributed by atoms with Crippen molar-refractivity contribution >= 4 is 41.1 Å². The first-order valence-corrected chi connectivity index (χ1v) is 8.63. The number of hydrogen-bond acceptors (Lipinski definition) is 4. The molecule has 4 nitrogen and oxygen atoms in total. The number of anilines is 1. The summed E-state index contributed by atoms with van der Waals surface area (Å²) < 4.78 is 0. The quantitative estimate of drug-likeness (QED) is 0.618. The zero-order valence-corrected chi connectivity index (χ0v) is 15.2. The molecule has 0 spiro atoms. The molecule has 0 aliphatic carbocycles. The predicted molar refractivity (Wildman–Crippen MR) is 105 cm³/mol. The minimum Gasteiger partial charge on any atom is -0.718 e. The Kier molecular flexibility index (Phi) is 5.61. The third-order valence-corrected chi connectivity index (χ3v) is 4.24. The highest BCUT2D eigenvalue weighted by molar-refractivity contribution is 7.77. The van der Waals surface area contributed by atoms with Crippen molar-refractivity contribution in [3.63, 3.8) is 0 Å². The predicted octanol–water partition coefficient (Wildman–Crippen LogP) is 4.64. The summed E-state index contributed by atoms with van der Waals surface area (Å²) in [5, 5.41) is -0.258. The number of para-hydroxylation sites is 1. The lowest BCUT2D eigenvalue weighted by atomic mass is 10.1. The number of carbonyl (C=O) groups excluding carboxylic acids is 2. The van der Waals surface area contributed by atoms with Crippen LogP contribution in [0.25, 0.3) is 0 Å². The maximum Gasteiger partial charge on any atom is 0.263 e. The van der Waals surface area contributed by atoms with Gasteiger partial charge in [0.15, 0.2) is 0 Å². The average Bonchev–Trinajstić information content (AvgIpc) is 2.64. The topological polar surface area (TPSA) is 50.3 Å². The van der Waals surface area contributed by atoms with Gasteiger partial charge < -0.3 is 17.4 Å². The normalized spacial score (nSPS) is 10.3. The van der Waals surface area contributed by atoms with Crippen molar-refractivity contribution in [1.29, 1.82) is 0 Å². The Morgan fingerprint density at radius 1 is 0.962 bits per heavy atom. The number of pyridine rings is 1. The Morgan fingerprint density at radius 3 is 2.31 bits per heavy atom. The van der Waals surface area contributed by atoms with E-state index in [1.807, 2.05) is 30.3 Å². The molecule has 6 heteroatoms. The number of halogens is 1. The Hall–Kier alpha value is -2.76. The molecule has 0 aliphatic heterocycles. The van der Waals surface area contributed by atoms with Gasteiger partial charge in [-0.25, -0.2) is 0 Å². The van der Waals surface area contributed by atoms with Gasteiger partial charge >= 0.3 is 0 Å². The number of nitrogens with zero attached hydrogens (tertiary/aromatic N) is 2. The number of imide groups is 1. The van der Waals surface area contributed by atoms with Gasteiger partial charge in [-0.1, -0.05) is 35.9 Å². The molecule has 130 valence electrons. The molecule has 0 saturated heterocycles. The van der Waals surface area contributed by atoms with Gasteiger partial charge in [0.1, 0.15) is 5.24 Å². The molecule has 1 aromatic heterocycles. The summed E-state index contributed by atoms with van der Waals surface area (Å²) in [6.07, 6.45) is 2.18. The molecular formula is C20H14ClN2O2S-. The molecule has 3 rings (SSSR count). The zero-order valence-electron chi connectivity index (χ0n) is 13.6. The van der Waals surface area contributed by atoms with Gasteiger partial charge in [-0.3, -0.25) is 14.7 Å². The van der Waals surface area contributed by atoms with E-state index in [2.05, 4.69) is 4.98 Å². The van der Waals surface area contributed by atoms with Crippen LogP contribution in [-0.2, 0) is 19.0 Å². The summed E-state index contributed by atoms with van der Waals surface area (Å²) in [6, 6.07) is 19.1. The molecule has 0 bridgehead atoms. The largest absolute Gasteiger partial charge is 0.718 e. The van der Waals surface area contributed by atoms with E-state index in [-0.39, 0.29) is 0 Å². The second kappa shape index (κ2) is 8.08. The van der Waals surface area contributed by atoms with Crippen LogP contribution in [0.5, 0.6) is 0 Å². The Balaban J connectivity index is 1.99. The van der Waals surface area contributed by atoms with Crippen LogP contribution in [0.15, 0.2) is 72.9 Å². The number of amides is 2. The summed E-state index contributed by atoms with van der Waals surface area (Å²) in [6.45, 7) is 0. The fourth-order valence-corrected chi connectivity index (χ4v) is 2.90. The highest BCUT2D eigenvalue weighted by Crippen LogP contribution is 2.25. The van der Waals surface area contributed by atoms with Crippen molar-refractivity contribution in [2.24, 2.45) is 0 Å². The van der Waals surface area contributed by atoms with Gasteiger partial charge in [0, 0.05) is 28.9 Å². The van der Waals surface area contributed by atoms with E-state index in [0.29, 0.717) is 22.7 Å². The Bertz CT molecular complexity index is 930. The van der Waals surface area contributed by atoms with Gasteiger partial charge in [-0.2, -0.15) is 0 Å². The first-order chi connectivity index (χ1) is 12.6. The molecule has 0 unspecified atom stereocenters. The standard InChI is InChI=1S/C20H15ClN2O2S/c21-16-10-8-14(9-11-16)19(24)23(20(25)26)18-7-2-1-5-15(18)13-17-6-3-4-12-22-17/h1-12H,13H2,(H,25,26)/p-1. The third kappa shape index (κ3) is 4.07. The molecule has 3 aromatic rings. The summed E-state index contributed by atoms with van der Waals surface area (Å²) in [7, 11) is 0. The van der Waals surface area contributed by atoms with Crippen LogP contribution < -0.4 is 4.90 Å². The van der Waals surface area contributed by atoms with Gasteiger partial charge in [0.2, 0.25) is 0 Å². The van der Waals surface area contributed by atoms with Crippen LogP contribution >= 0.6 is 11.6 Å². The maximum atomic E-state index is 12.9. The second-order valence-corrected chi connectivity index (χ2v) is 6.33. The third-order valence-electron chi connectivity index (χ3n) is 3.81. The lowest BCUT2D eigenvalue weighted by molar-refractivity contribution is 0.0997. The van der Waals surface area contributed by atoms with Crippen LogP contribution in [0.3, 0.4) is 0 Å². The molecule has 0 radical (unpaired) electrons. The van der Waals surface area contributed by atoms with Gasteiger partial charge in [-0.05, 0) is 48.0 Å². The van der Waals surface area contributed by atoms with E-state index >= 15 is 0 Å². The SMILES string of the molecule is O=C([S-])N(C(=O)c1ccc(Cl)cc1)c1ccccc1Cc1ccccn1. The maximum absolute atomic E-state index is 12.9.